The molecule has 0 aromatic rings. The SMILES string of the molecule is C=CC[C@@H]1CC=C[C@H](CC=C)[NH+]1CCO. The van der Waals surface area contributed by atoms with E-state index in [1.54, 1.807) is 0 Å². The molecule has 2 N–H and O–H groups in total. The third-order valence-electron chi connectivity index (χ3n) is 3.06. The van der Waals surface area contributed by atoms with E-state index < -0.39 is 0 Å². The Morgan fingerprint density at radius 1 is 1.33 bits per heavy atom. The largest absolute Gasteiger partial charge is 0.391 e. The van der Waals surface area contributed by atoms with Crippen molar-refractivity contribution in [2.24, 2.45) is 0 Å². The topological polar surface area (TPSA) is 24.7 Å². The van der Waals surface area contributed by atoms with E-state index in [1.165, 1.54) is 4.90 Å². The fraction of sp³-hybridized carbons (Fsp3) is 0.538. The first-order valence-electron chi connectivity index (χ1n) is 5.68. The summed E-state index contributed by atoms with van der Waals surface area (Å²) in [7, 11) is 0. The minimum Gasteiger partial charge on any atom is -0.391 e. The Balaban J connectivity index is 2.68. The highest BCUT2D eigenvalue weighted by atomic mass is 16.3. The van der Waals surface area contributed by atoms with Gasteiger partial charge in [0.25, 0.3) is 0 Å². The zero-order valence-electron chi connectivity index (χ0n) is 9.36. The fourth-order valence-electron chi connectivity index (χ4n) is 2.36. The molecule has 0 spiro atoms. The van der Waals surface area contributed by atoms with Crippen molar-refractivity contribution in [2.45, 2.75) is 31.3 Å². The Kier molecular flexibility index (Phi) is 5.37. The number of hydrogen-bond donors (Lipinski definition) is 2. The minimum absolute atomic E-state index is 0.254. The highest BCUT2D eigenvalue weighted by Gasteiger charge is 2.28. The van der Waals surface area contributed by atoms with Gasteiger partial charge in [0.15, 0.2) is 0 Å². The Morgan fingerprint density at radius 2 is 2.07 bits per heavy atom. The summed E-state index contributed by atoms with van der Waals surface area (Å²) in [5.41, 5.74) is 0. The second kappa shape index (κ2) is 6.59. The summed E-state index contributed by atoms with van der Waals surface area (Å²) in [5, 5.41) is 9.09. The smallest absolute Gasteiger partial charge is 0.110 e. The molecule has 2 nitrogen and oxygen atoms in total. The van der Waals surface area contributed by atoms with Gasteiger partial charge in [0.05, 0.1) is 12.6 Å². The van der Waals surface area contributed by atoms with Crippen molar-refractivity contribution in [1.82, 2.24) is 0 Å². The van der Waals surface area contributed by atoms with Crippen LogP contribution in [0.15, 0.2) is 37.5 Å². The van der Waals surface area contributed by atoms with Gasteiger partial charge in [0.2, 0.25) is 0 Å². The van der Waals surface area contributed by atoms with Gasteiger partial charge in [-0.25, -0.2) is 0 Å². The van der Waals surface area contributed by atoms with E-state index >= 15 is 0 Å². The molecule has 1 unspecified atom stereocenters. The van der Waals surface area contributed by atoms with Crippen LogP contribution >= 0.6 is 0 Å². The quantitative estimate of drug-likeness (QED) is 0.618. The van der Waals surface area contributed by atoms with Crippen molar-refractivity contribution >= 4 is 0 Å². The van der Waals surface area contributed by atoms with E-state index in [4.69, 9.17) is 5.11 Å². The van der Waals surface area contributed by atoms with Gasteiger partial charge in [-0.3, -0.25) is 0 Å². The first-order valence-corrected chi connectivity index (χ1v) is 5.68. The molecule has 0 aromatic heterocycles. The minimum atomic E-state index is 0.254. The number of nitrogens with one attached hydrogen (secondary N) is 1. The number of rotatable bonds is 6. The number of hydrogen-bond acceptors (Lipinski definition) is 1. The second-order valence-electron chi connectivity index (χ2n) is 4.06. The molecule has 0 amide bonds. The van der Waals surface area contributed by atoms with E-state index in [9.17, 15) is 0 Å². The van der Waals surface area contributed by atoms with Crippen LogP contribution in [-0.2, 0) is 0 Å². The van der Waals surface area contributed by atoms with Crippen molar-refractivity contribution in [3.63, 3.8) is 0 Å². The standard InChI is InChI=1S/C13H21NO/c1-3-6-12-8-5-9-13(7-4-2)14(12)10-11-15/h3-5,8,12-13,15H,1-2,6-7,9-11H2/p+1/t12-,13+/m0/s1. The molecular formula is C13H22NO+. The lowest BCUT2D eigenvalue weighted by Gasteiger charge is -2.35. The van der Waals surface area contributed by atoms with Crippen molar-refractivity contribution in [2.75, 3.05) is 13.2 Å². The third kappa shape index (κ3) is 3.33. The van der Waals surface area contributed by atoms with Gasteiger partial charge in [0, 0.05) is 19.3 Å². The van der Waals surface area contributed by atoms with Gasteiger partial charge in [-0.2, -0.15) is 0 Å². The first-order chi connectivity index (χ1) is 7.33. The molecule has 0 aliphatic carbocycles. The molecular weight excluding hydrogens is 186 g/mol. The molecule has 1 aliphatic heterocycles. The van der Waals surface area contributed by atoms with Crippen LogP contribution in [0, 0.1) is 0 Å². The summed E-state index contributed by atoms with van der Waals surface area (Å²) < 4.78 is 0. The zero-order chi connectivity index (χ0) is 11.1. The lowest BCUT2D eigenvalue weighted by atomic mass is 9.98. The highest BCUT2D eigenvalue weighted by molar-refractivity contribution is 4.98. The summed E-state index contributed by atoms with van der Waals surface area (Å²) in [6.45, 7) is 8.67. The molecule has 1 aliphatic rings. The average Bonchev–Trinajstić information content (AvgIpc) is 2.23. The first kappa shape index (κ1) is 12.2. The summed E-state index contributed by atoms with van der Waals surface area (Å²) >= 11 is 0. The highest BCUT2D eigenvalue weighted by Crippen LogP contribution is 2.06. The molecule has 2 heteroatoms. The van der Waals surface area contributed by atoms with Gasteiger partial charge in [-0.1, -0.05) is 18.2 Å². The molecule has 1 rings (SSSR count). The van der Waals surface area contributed by atoms with E-state index in [1.807, 2.05) is 12.2 Å². The summed E-state index contributed by atoms with van der Waals surface area (Å²) in [6.07, 6.45) is 11.5. The van der Waals surface area contributed by atoms with E-state index in [0.717, 1.165) is 25.8 Å². The van der Waals surface area contributed by atoms with Crippen molar-refractivity contribution in [3.05, 3.63) is 37.5 Å². The maximum absolute atomic E-state index is 9.09. The predicted molar refractivity (Wildman–Crippen MR) is 63.9 cm³/mol. The molecule has 0 saturated carbocycles. The summed E-state index contributed by atoms with van der Waals surface area (Å²) in [6, 6.07) is 1.05. The zero-order valence-corrected chi connectivity index (χ0v) is 9.36. The summed E-state index contributed by atoms with van der Waals surface area (Å²) in [5.74, 6) is 0. The fourth-order valence-corrected chi connectivity index (χ4v) is 2.36. The molecule has 3 atom stereocenters. The Bertz CT molecular complexity index is 235. The predicted octanol–water partition coefficient (Wildman–Crippen LogP) is 0.713. The molecule has 0 bridgehead atoms. The van der Waals surface area contributed by atoms with Crippen molar-refractivity contribution < 1.29 is 10.0 Å². The monoisotopic (exact) mass is 208 g/mol. The summed E-state index contributed by atoms with van der Waals surface area (Å²) in [4.78, 5) is 1.47. The third-order valence-corrected chi connectivity index (χ3v) is 3.06. The van der Waals surface area contributed by atoms with Crippen molar-refractivity contribution in [1.29, 1.82) is 0 Å². The molecule has 0 fully saturated rings. The number of quaternary nitrogens is 1. The molecule has 1 heterocycles. The van der Waals surface area contributed by atoms with Gasteiger partial charge >= 0.3 is 0 Å². The van der Waals surface area contributed by atoms with Crippen LogP contribution < -0.4 is 4.90 Å². The van der Waals surface area contributed by atoms with Gasteiger partial charge in [0.1, 0.15) is 12.6 Å². The van der Waals surface area contributed by atoms with Crippen LogP contribution in [0.25, 0.3) is 0 Å². The molecule has 0 saturated heterocycles. The maximum atomic E-state index is 9.09. The Hall–Kier alpha value is -0.860. The lowest BCUT2D eigenvalue weighted by molar-refractivity contribution is -0.944. The van der Waals surface area contributed by atoms with Crippen LogP contribution in [0.5, 0.6) is 0 Å². The van der Waals surface area contributed by atoms with Crippen LogP contribution in [0.4, 0.5) is 0 Å². The molecule has 0 aromatic carbocycles. The van der Waals surface area contributed by atoms with Gasteiger partial charge in [-0.15, -0.1) is 13.2 Å². The molecule has 84 valence electrons. The van der Waals surface area contributed by atoms with Crippen LogP contribution in [0.3, 0.4) is 0 Å². The lowest BCUT2D eigenvalue weighted by Crippen LogP contribution is -3.19. The maximum Gasteiger partial charge on any atom is 0.110 e. The normalized spacial score (nSPS) is 30.1. The van der Waals surface area contributed by atoms with E-state index in [2.05, 4.69) is 25.3 Å². The van der Waals surface area contributed by atoms with E-state index in [-0.39, 0.29) is 6.61 Å². The molecule has 15 heavy (non-hydrogen) atoms. The Morgan fingerprint density at radius 3 is 2.67 bits per heavy atom. The van der Waals surface area contributed by atoms with Crippen molar-refractivity contribution in [3.8, 4) is 0 Å². The molecule has 0 radical (unpaired) electrons. The van der Waals surface area contributed by atoms with Gasteiger partial charge < -0.3 is 10.0 Å². The number of aliphatic hydroxyl groups excluding tert-OH is 1. The number of aliphatic hydroxyl groups is 1. The van der Waals surface area contributed by atoms with Crippen LogP contribution in [-0.4, -0.2) is 30.3 Å². The second-order valence-corrected chi connectivity index (χ2v) is 4.06. The average molecular weight is 208 g/mol. The van der Waals surface area contributed by atoms with Gasteiger partial charge in [-0.05, 0) is 6.08 Å². The van der Waals surface area contributed by atoms with Crippen LogP contribution in [0.1, 0.15) is 19.3 Å². The Labute approximate surface area is 92.6 Å². The van der Waals surface area contributed by atoms with E-state index in [0.29, 0.717) is 12.1 Å². The van der Waals surface area contributed by atoms with Crippen LogP contribution in [0.2, 0.25) is 0 Å².